The maximum absolute atomic E-state index is 11.9. The van der Waals surface area contributed by atoms with Gasteiger partial charge in [-0.05, 0) is 37.8 Å². The number of hydrogen-bond donors (Lipinski definition) is 2. The number of esters is 1. The summed E-state index contributed by atoms with van der Waals surface area (Å²) in [5.41, 5.74) is 0. The van der Waals surface area contributed by atoms with Crippen molar-refractivity contribution in [2.75, 3.05) is 12.4 Å². The number of rotatable bonds is 18. The number of amides is 2. The number of aryl methyl sites for hydroxylation is 1. The quantitative estimate of drug-likeness (QED) is 0.163. The third kappa shape index (κ3) is 10.0. The van der Waals surface area contributed by atoms with Crippen LogP contribution in [-0.4, -0.2) is 46.3 Å². The third-order valence-electron chi connectivity index (χ3n) is 6.80. The number of carbonyl (C=O) groups is 2. The molecule has 2 aliphatic heterocycles. The minimum atomic E-state index is -0.0560. The van der Waals surface area contributed by atoms with Crippen LogP contribution in [0.15, 0.2) is 24.5 Å². The molecule has 2 saturated heterocycles. The Hall–Kier alpha value is -1.63. The Morgan fingerprint density at radius 1 is 0.909 bits per heavy atom. The lowest BCUT2D eigenvalue weighted by Crippen LogP contribution is -2.36. The monoisotopic (exact) mass is 477 g/mol. The van der Waals surface area contributed by atoms with Gasteiger partial charge in [0.15, 0.2) is 0 Å². The summed E-state index contributed by atoms with van der Waals surface area (Å²) in [7, 11) is 0. The molecule has 1 aromatic rings. The Labute approximate surface area is 204 Å². The van der Waals surface area contributed by atoms with Crippen molar-refractivity contribution in [3.63, 3.8) is 0 Å². The molecule has 2 aliphatic rings. The number of nitrogens with zero attached hydrogens (tertiary/aromatic N) is 1. The molecular formula is C26H43N3O3S. The van der Waals surface area contributed by atoms with Crippen molar-refractivity contribution in [1.29, 1.82) is 0 Å². The first-order valence-electron chi connectivity index (χ1n) is 13.2. The zero-order valence-corrected chi connectivity index (χ0v) is 21.0. The maximum Gasteiger partial charge on any atom is 0.315 e. The van der Waals surface area contributed by atoms with Crippen LogP contribution in [0, 0.1) is 0 Å². The molecule has 7 heteroatoms. The van der Waals surface area contributed by atoms with Crippen LogP contribution in [0.4, 0.5) is 4.79 Å². The van der Waals surface area contributed by atoms with Gasteiger partial charge in [0.1, 0.15) is 0 Å². The highest BCUT2D eigenvalue weighted by atomic mass is 32.2. The molecule has 3 rings (SSSR count). The Morgan fingerprint density at radius 3 is 2.30 bits per heavy atom. The standard InChI is InChI=1S/C26H43N3O3S/c30-24(16-10-9-15-23-25-22(21-33-23)27-26(31)28-25)32-20-14-8-6-4-2-1-3-5-7-11-17-29-18-12-13-19-29/h12-13,18-19,22-23,25H,1-11,14-17,20-21H2,(H2,27,28,31)/t22-,23-,25-/m0/s1. The summed E-state index contributed by atoms with van der Waals surface area (Å²) in [5.74, 6) is 0.936. The SMILES string of the molecule is O=C1N[C@H]2[C@H](CS[C@H]2CCCCC(=O)OCCCCCCCCCCCCn2cccc2)N1. The average Bonchev–Trinajstić information content (AvgIpc) is 3.53. The summed E-state index contributed by atoms with van der Waals surface area (Å²) in [6.07, 6.45) is 20.4. The van der Waals surface area contributed by atoms with Gasteiger partial charge in [-0.1, -0.05) is 57.8 Å². The van der Waals surface area contributed by atoms with Crippen molar-refractivity contribution in [2.45, 2.75) is 114 Å². The first kappa shape index (κ1) is 26.0. The van der Waals surface area contributed by atoms with Crippen molar-refractivity contribution in [1.82, 2.24) is 15.2 Å². The van der Waals surface area contributed by atoms with Gasteiger partial charge in [-0.2, -0.15) is 11.8 Å². The fourth-order valence-corrected chi connectivity index (χ4v) is 6.39. The van der Waals surface area contributed by atoms with Gasteiger partial charge in [-0.3, -0.25) is 4.79 Å². The van der Waals surface area contributed by atoms with E-state index in [1.54, 1.807) is 0 Å². The van der Waals surface area contributed by atoms with Crippen LogP contribution in [-0.2, 0) is 16.1 Å². The van der Waals surface area contributed by atoms with E-state index in [0.29, 0.717) is 18.3 Å². The van der Waals surface area contributed by atoms with Crippen molar-refractivity contribution in [3.8, 4) is 0 Å². The van der Waals surface area contributed by atoms with E-state index < -0.39 is 0 Å². The van der Waals surface area contributed by atoms with Gasteiger partial charge in [0, 0.05) is 36.4 Å². The highest BCUT2D eigenvalue weighted by Gasteiger charge is 2.42. The minimum Gasteiger partial charge on any atom is -0.466 e. The fourth-order valence-electron chi connectivity index (χ4n) is 4.85. The topological polar surface area (TPSA) is 72.4 Å². The number of carbonyl (C=O) groups excluding carboxylic acids is 2. The van der Waals surface area contributed by atoms with Crippen LogP contribution in [0.1, 0.15) is 89.9 Å². The smallest absolute Gasteiger partial charge is 0.315 e. The van der Waals surface area contributed by atoms with Crippen LogP contribution in [0.3, 0.4) is 0 Å². The number of fused-ring (bicyclic) bond motifs is 1. The Morgan fingerprint density at radius 2 is 1.58 bits per heavy atom. The van der Waals surface area contributed by atoms with E-state index >= 15 is 0 Å². The second-order valence-corrected chi connectivity index (χ2v) is 10.8. The number of urea groups is 1. The van der Waals surface area contributed by atoms with Crippen molar-refractivity contribution in [3.05, 3.63) is 24.5 Å². The van der Waals surface area contributed by atoms with Crippen molar-refractivity contribution < 1.29 is 14.3 Å². The van der Waals surface area contributed by atoms with E-state index in [-0.39, 0.29) is 24.1 Å². The molecule has 33 heavy (non-hydrogen) atoms. The molecule has 1 aromatic heterocycles. The zero-order chi connectivity index (χ0) is 23.1. The predicted octanol–water partition coefficient (Wildman–Crippen LogP) is 5.66. The van der Waals surface area contributed by atoms with E-state index in [9.17, 15) is 9.59 Å². The molecule has 2 fully saturated rings. The molecular weight excluding hydrogens is 434 g/mol. The number of thioether (sulfide) groups is 1. The van der Waals surface area contributed by atoms with E-state index in [4.69, 9.17) is 4.74 Å². The van der Waals surface area contributed by atoms with Crippen LogP contribution < -0.4 is 10.6 Å². The molecule has 0 unspecified atom stereocenters. The molecule has 3 atom stereocenters. The van der Waals surface area contributed by atoms with Gasteiger partial charge in [0.05, 0.1) is 18.7 Å². The van der Waals surface area contributed by atoms with E-state index in [0.717, 1.165) is 44.4 Å². The lowest BCUT2D eigenvalue weighted by atomic mass is 10.0. The largest absolute Gasteiger partial charge is 0.466 e. The zero-order valence-electron chi connectivity index (χ0n) is 20.1. The molecule has 6 nitrogen and oxygen atoms in total. The Balaban J connectivity index is 1.03. The first-order chi connectivity index (χ1) is 16.2. The van der Waals surface area contributed by atoms with Crippen molar-refractivity contribution >= 4 is 23.8 Å². The summed E-state index contributed by atoms with van der Waals surface area (Å²) < 4.78 is 7.66. The molecule has 3 heterocycles. The minimum absolute atomic E-state index is 0.0334. The first-order valence-corrected chi connectivity index (χ1v) is 14.2. The lowest BCUT2D eigenvalue weighted by molar-refractivity contribution is -0.143. The molecule has 0 aliphatic carbocycles. The molecule has 0 aromatic carbocycles. The van der Waals surface area contributed by atoms with Gasteiger partial charge in [-0.25, -0.2) is 4.79 Å². The Kier molecular flexibility index (Phi) is 12.1. The van der Waals surface area contributed by atoms with Crippen LogP contribution >= 0.6 is 11.8 Å². The molecule has 0 radical (unpaired) electrons. The van der Waals surface area contributed by atoms with Gasteiger partial charge < -0.3 is 19.9 Å². The summed E-state index contributed by atoms with van der Waals surface area (Å²) in [6.45, 7) is 1.72. The van der Waals surface area contributed by atoms with Crippen LogP contribution in [0.5, 0.6) is 0 Å². The molecule has 2 N–H and O–H groups in total. The van der Waals surface area contributed by atoms with Gasteiger partial charge in [0.25, 0.3) is 0 Å². The summed E-state index contributed by atoms with van der Waals surface area (Å²) >= 11 is 1.93. The van der Waals surface area contributed by atoms with Crippen molar-refractivity contribution in [2.24, 2.45) is 0 Å². The molecule has 2 amide bonds. The van der Waals surface area contributed by atoms with Gasteiger partial charge >= 0.3 is 12.0 Å². The van der Waals surface area contributed by atoms with E-state index in [1.165, 1.54) is 51.4 Å². The molecule has 0 spiro atoms. The highest BCUT2D eigenvalue weighted by Crippen LogP contribution is 2.33. The lowest BCUT2D eigenvalue weighted by Gasteiger charge is -2.16. The van der Waals surface area contributed by atoms with E-state index in [2.05, 4.69) is 39.7 Å². The third-order valence-corrected chi connectivity index (χ3v) is 8.31. The van der Waals surface area contributed by atoms with Gasteiger partial charge in [0.2, 0.25) is 0 Å². The second kappa shape index (κ2) is 15.3. The van der Waals surface area contributed by atoms with Gasteiger partial charge in [-0.15, -0.1) is 0 Å². The number of aromatic nitrogens is 1. The summed E-state index contributed by atoms with van der Waals surface area (Å²) in [6, 6.07) is 4.69. The average molecular weight is 478 g/mol. The number of ether oxygens (including phenoxy) is 1. The summed E-state index contributed by atoms with van der Waals surface area (Å²) in [5, 5.41) is 6.46. The number of nitrogens with one attached hydrogen (secondary N) is 2. The normalized spacial score (nSPS) is 21.6. The second-order valence-electron chi connectivity index (χ2n) is 9.54. The highest BCUT2D eigenvalue weighted by molar-refractivity contribution is 8.00. The van der Waals surface area contributed by atoms with E-state index in [1.807, 2.05) is 11.8 Å². The summed E-state index contributed by atoms with van der Waals surface area (Å²) in [4.78, 5) is 23.3. The van der Waals surface area contributed by atoms with Crippen LogP contribution in [0.2, 0.25) is 0 Å². The molecule has 0 bridgehead atoms. The predicted molar refractivity (Wildman–Crippen MR) is 136 cm³/mol. The molecule has 186 valence electrons. The molecule has 0 saturated carbocycles. The number of hydrogen-bond acceptors (Lipinski definition) is 4. The Bertz CT molecular complexity index is 682. The fraction of sp³-hybridized carbons (Fsp3) is 0.769. The maximum atomic E-state index is 11.9. The number of unbranched alkanes of at least 4 members (excludes halogenated alkanes) is 10. The van der Waals surface area contributed by atoms with Crippen LogP contribution in [0.25, 0.3) is 0 Å².